The molecule has 1 N–H and O–H groups in total. The van der Waals surface area contributed by atoms with Gasteiger partial charge in [-0.2, -0.15) is 4.98 Å². The fourth-order valence-electron chi connectivity index (χ4n) is 2.36. The Bertz CT molecular complexity index is 681. The molecule has 1 saturated heterocycles. The lowest BCUT2D eigenvalue weighted by Gasteiger charge is -2.07. The molecular formula is C14H16ClF2N3O3. The van der Waals surface area contributed by atoms with E-state index in [9.17, 15) is 8.78 Å². The third-order valence-electron chi connectivity index (χ3n) is 3.49. The zero-order valence-electron chi connectivity index (χ0n) is 12.5. The van der Waals surface area contributed by atoms with E-state index in [1.807, 2.05) is 0 Å². The number of hydrogen-bond donors (Lipinski definition) is 1. The number of nitrogens with one attached hydrogen (secondary N) is 1. The summed E-state index contributed by atoms with van der Waals surface area (Å²) in [7, 11) is 3.06. The van der Waals surface area contributed by atoms with E-state index in [4.69, 9.17) is 14.0 Å². The molecule has 0 radical (unpaired) electrons. The van der Waals surface area contributed by atoms with E-state index in [1.54, 1.807) is 18.2 Å². The lowest BCUT2D eigenvalue weighted by Crippen LogP contribution is -2.19. The van der Waals surface area contributed by atoms with Gasteiger partial charge in [0.25, 0.3) is 5.92 Å². The SMILES string of the molecule is COc1ccc(-c2noc(C3CC(F)(F)CN3)n2)cc1OC.Cl. The van der Waals surface area contributed by atoms with Crippen LogP contribution in [0.4, 0.5) is 8.78 Å². The van der Waals surface area contributed by atoms with E-state index in [-0.39, 0.29) is 31.3 Å². The highest BCUT2D eigenvalue weighted by atomic mass is 35.5. The molecule has 1 aliphatic rings. The molecule has 1 atom stereocenters. The molecule has 2 aromatic rings. The first-order chi connectivity index (χ1) is 10.5. The van der Waals surface area contributed by atoms with Crippen LogP contribution in [0.25, 0.3) is 11.4 Å². The van der Waals surface area contributed by atoms with Crippen molar-refractivity contribution in [3.05, 3.63) is 24.1 Å². The lowest BCUT2D eigenvalue weighted by molar-refractivity contribution is 0.0200. The lowest BCUT2D eigenvalue weighted by atomic mass is 10.2. The molecule has 0 spiro atoms. The zero-order chi connectivity index (χ0) is 15.7. The minimum atomic E-state index is -2.75. The molecule has 1 aromatic carbocycles. The Hall–Kier alpha value is -1.93. The quantitative estimate of drug-likeness (QED) is 0.917. The summed E-state index contributed by atoms with van der Waals surface area (Å²) in [6.07, 6.45) is -0.347. The third kappa shape index (κ3) is 3.53. The molecule has 3 rings (SSSR count). The highest BCUT2D eigenvalue weighted by Gasteiger charge is 2.42. The number of halogens is 3. The van der Waals surface area contributed by atoms with Gasteiger partial charge in [0.2, 0.25) is 11.7 Å². The standard InChI is InChI=1S/C14H15F2N3O3.ClH/c1-20-10-4-3-8(5-11(10)21-2)12-18-13(22-19-12)9-6-14(15,16)7-17-9;/h3-5,9,17H,6-7H2,1-2H3;1H. The molecule has 6 nitrogen and oxygen atoms in total. The van der Waals surface area contributed by atoms with Crippen LogP contribution in [-0.4, -0.2) is 36.8 Å². The maximum Gasteiger partial charge on any atom is 0.262 e. The van der Waals surface area contributed by atoms with Crippen LogP contribution >= 0.6 is 12.4 Å². The van der Waals surface area contributed by atoms with Crippen LogP contribution in [0, 0.1) is 0 Å². The first kappa shape index (κ1) is 17.4. The van der Waals surface area contributed by atoms with Crippen molar-refractivity contribution in [2.75, 3.05) is 20.8 Å². The number of aromatic nitrogens is 2. The minimum absolute atomic E-state index is 0. The maximum atomic E-state index is 13.2. The van der Waals surface area contributed by atoms with E-state index >= 15 is 0 Å². The molecule has 126 valence electrons. The van der Waals surface area contributed by atoms with Crippen molar-refractivity contribution >= 4 is 12.4 Å². The van der Waals surface area contributed by atoms with Gasteiger partial charge < -0.3 is 14.0 Å². The van der Waals surface area contributed by atoms with Crippen molar-refractivity contribution in [2.45, 2.75) is 18.4 Å². The molecule has 9 heteroatoms. The summed E-state index contributed by atoms with van der Waals surface area (Å²) < 4.78 is 41.9. The normalized spacial score (nSPS) is 19.2. The molecule has 1 aliphatic heterocycles. The van der Waals surface area contributed by atoms with Gasteiger partial charge in [-0.15, -0.1) is 12.4 Å². The monoisotopic (exact) mass is 347 g/mol. The van der Waals surface area contributed by atoms with Crippen LogP contribution in [0.2, 0.25) is 0 Å². The highest BCUT2D eigenvalue weighted by molar-refractivity contribution is 5.85. The van der Waals surface area contributed by atoms with E-state index in [0.29, 0.717) is 22.9 Å². The molecule has 23 heavy (non-hydrogen) atoms. The van der Waals surface area contributed by atoms with Gasteiger partial charge in [-0.1, -0.05) is 5.16 Å². The van der Waals surface area contributed by atoms with Crippen molar-refractivity contribution in [1.29, 1.82) is 0 Å². The Balaban J connectivity index is 0.00000192. The van der Waals surface area contributed by atoms with Gasteiger partial charge in [-0.25, -0.2) is 8.78 Å². The second kappa shape index (κ2) is 6.67. The molecule has 0 bridgehead atoms. The molecule has 0 amide bonds. The van der Waals surface area contributed by atoms with Crippen LogP contribution in [0.1, 0.15) is 18.4 Å². The van der Waals surface area contributed by atoms with Crippen LogP contribution in [0.5, 0.6) is 11.5 Å². The zero-order valence-corrected chi connectivity index (χ0v) is 13.3. The Labute approximate surface area is 137 Å². The van der Waals surface area contributed by atoms with Crippen molar-refractivity contribution in [3.8, 4) is 22.9 Å². The van der Waals surface area contributed by atoms with Crippen LogP contribution in [0.3, 0.4) is 0 Å². The summed E-state index contributed by atoms with van der Waals surface area (Å²) in [5.74, 6) is -1.18. The van der Waals surface area contributed by atoms with Gasteiger partial charge >= 0.3 is 0 Å². The average molecular weight is 348 g/mol. The van der Waals surface area contributed by atoms with Crippen molar-refractivity contribution in [2.24, 2.45) is 0 Å². The Morgan fingerprint density at radius 2 is 2.00 bits per heavy atom. The van der Waals surface area contributed by atoms with Crippen molar-refractivity contribution < 1.29 is 22.8 Å². The first-order valence-electron chi connectivity index (χ1n) is 6.69. The van der Waals surface area contributed by atoms with Crippen molar-refractivity contribution in [1.82, 2.24) is 15.5 Å². The second-order valence-corrected chi connectivity index (χ2v) is 5.02. The predicted octanol–water partition coefficient (Wildman–Crippen LogP) is 2.85. The number of methoxy groups -OCH3 is 2. The number of nitrogens with zero attached hydrogens (tertiary/aromatic N) is 2. The van der Waals surface area contributed by atoms with Crippen LogP contribution < -0.4 is 14.8 Å². The van der Waals surface area contributed by atoms with Gasteiger partial charge in [0, 0.05) is 12.0 Å². The Kier molecular flexibility index (Phi) is 5.06. The topological polar surface area (TPSA) is 69.4 Å². The molecular weight excluding hydrogens is 332 g/mol. The molecule has 1 fully saturated rings. The van der Waals surface area contributed by atoms with E-state index in [1.165, 1.54) is 14.2 Å². The van der Waals surface area contributed by atoms with E-state index in [2.05, 4.69) is 15.5 Å². The molecule has 1 aromatic heterocycles. The summed E-state index contributed by atoms with van der Waals surface area (Å²) in [5, 5.41) is 6.52. The van der Waals surface area contributed by atoms with Crippen LogP contribution in [0.15, 0.2) is 22.7 Å². The van der Waals surface area contributed by atoms with Crippen molar-refractivity contribution in [3.63, 3.8) is 0 Å². The predicted molar refractivity (Wildman–Crippen MR) is 80.4 cm³/mol. The number of alkyl halides is 2. The maximum absolute atomic E-state index is 13.2. The van der Waals surface area contributed by atoms with E-state index < -0.39 is 12.0 Å². The third-order valence-corrected chi connectivity index (χ3v) is 3.49. The number of benzene rings is 1. The van der Waals surface area contributed by atoms with Gasteiger partial charge in [0.1, 0.15) is 0 Å². The summed E-state index contributed by atoms with van der Waals surface area (Å²) in [5.41, 5.74) is 0.650. The fourth-order valence-corrected chi connectivity index (χ4v) is 2.36. The van der Waals surface area contributed by atoms with Crippen LogP contribution in [-0.2, 0) is 0 Å². The molecule has 1 unspecified atom stereocenters. The summed E-state index contributed by atoms with van der Waals surface area (Å²) in [6.45, 7) is -0.383. The number of rotatable bonds is 4. The van der Waals surface area contributed by atoms with Gasteiger partial charge in [-0.3, -0.25) is 5.32 Å². The number of hydrogen-bond acceptors (Lipinski definition) is 6. The second-order valence-electron chi connectivity index (χ2n) is 5.02. The van der Waals surface area contributed by atoms with Gasteiger partial charge in [0.15, 0.2) is 11.5 Å². The fraction of sp³-hybridized carbons (Fsp3) is 0.429. The van der Waals surface area contributed by atoms with Gasteiger partial charge in [-0.05, 0) is 18.2 Å². The molecule has 0 aliphatic carbocycles. The molecule has 0 saturated carbocycles. The minimum Gasteiger partial charge on any atom is -0.493 e. The highest BCUT2D eigenvalue weighted by Crippen LogP contribution is 2.35. The summed E-state index contributed by atoms with van der Waals surface area (Å²) in [4.78, 5) is 4.19. The smallest absolute Gasteiger partial charge is 0.262 e. The Morgan fingerprint density at radius 3 is 2.61 bits per heavy atom. The van der Waals surface area contributed by atoms with Gasteiger partial charge in [0.05, 0.1) is 26.8 Å². The van der Waals surface area contributed by atoms with E-state index in [0.717, 1.165) is 0 Å². The average Bonchev–Trinajstić information content (AvgIpc) is 3.13. The largest absolute Gasteiger partial charge is 0.493 e. The summed E-state index contributed by atoms with van der Waals surface area (Å²) >= 11 is 0. The first-order valence-corrected chi connectivity index (χ1v) is 6.69. The molecule has 2 heterocycles. The summed E-state index contributed by atoms with van der Waals surface area (Å²) in [6, 6.07) is 4.53. The number of ether oxygens (including phenoxy) is 2. The Morgan fingerprint density at radius 1 is 1.26 bits per heavy atom.